The SMILES string of the molecule is Cn1cc2c3c(ncnc31)-c1ccccc1NC2c1ccc(O)c(F)c1. The van der Waals surface area contributed by atoms with Crippen LogP contribution in [0.5, 0.6) is 5.75 Å². The molecule has 3 heterocycles. The van der Waals surface area contributed by atoms with Gasteiger partial charge >= 0.3 is 0 Å². The van der Waals surface area contributed by atoms with Crippen LogP contribution >= 0.6 is 0 Å². The van der Waals surface area contributed by atoms with Crippen molar-refractivity contribution in [2.75, 3.05) is 5.32 Å². The standard InChI is InChI=1S/C20H15FN4O/c1-25-9-13-17-19(22-10-23-20(17)25)12-4-2-3-5-15(12)24-18(13)11-6-7-16(26)14(21)8-11/h2-10,18,24,26H,1H3. The molecule has 0 saturated carbocycles. The summed E-state index contributed by atoms with van der Waals surface area (Å²) in [6, 6.07) is 12.1. The lowest BCUT2D eigenvalue weighted by Crippen LogP contribution is -2.11. The molecule has 128 valence electrons. The lowest BCUT2D eigenvalue weighted by Gasteiger charge is -2.19. The zero-order chi connectivity index (χ0) is 17.8. The van der Waals surface area contributed by atoms with Crippen molar-refractivity contribution >= 4 is 16.7 Å². The minimum absolute atomic E-state index is 0.290. The smallest absolute Gasteiger partial charge is 0.165 e. The summed E-state index contributed by atoms with van der Waals surface area (Å²) < 4.78 is 16.0. The Morgan fingerprint density at radius 3 is 2.85 bits per heavy atom. The molecule has 0 spiro atoms. The van der Waals surface area contributed by atoms with Gasteiger partial charge in [0.2, 0.25) is 0 Å². The predicted octanol–water partition coefficient (Wildman–Crippen LogP) is 3.99. The summed E-state index contributed by atoms with van der Waals surface area (Å²) in [5.74, 6) is -0.997. The summed E-state index contributed by atoms with van der Waals surface area (Å²) in [5.41, 5.74) is 5.28. The van der Waals surface area contributed by atoms with Crippen molar-refractivity contribution in [1.29, 1.82) is 0 Å². The second-order valence-electron chi connectivity index (χ2n) is 6.45. The Morgan fingerprint density at radius 1 is 1.15 bits per heavy atom. The van der Waals surface area contributed by atoms with Crippen molar-refractivity contribution in [1.82, 2.24) is 14.5 Å². The van der Waals surface area contributed by atoms with Crippen LogP contribution in [0.2, 0.25) is 0 Å². The molecule has 2 aromatic carbocycles. The lowest BCUT2D eigenvalue weighted by molar-refractivity contribution is 0.431. The molecule has 1 atom stereocenters. The molecule has 5 rings (SSSR count). The largest absolute Gasteiger partial charge is 0.505 e. The van der Waals surface area contributed by atoms with Crippen LogP contribution in [-0.2, 0) is 7.05 Å². The first-order chi connectivity index (χ1) is 12.6. The molecule has 1 aliphatic heterocycles. The van der Waals surface area contributed by atoms with Gasteiger partial charge in [-0.3, -0.25) is 0 Å². The Morgan fingerprint density at radius 2 is 2.00 bits per heavy atom. The van der Waals surface area contributed by atoms with Gasteiger partial charge in [-0.05, 0) is 23.8 Å². The number of para-hydroxylation sites is 1. The van der Waals surface area contributed by atoms with Gasteiger partial charge in [0, 0.05) is 30.1 Å². The maximum atomic E-state index is 14.0. The minimum atomic E-state index is -0.640. The number of aromatic hydroxyl groups is 1. The third kappa shape index (κ3) is 2.02. The number of phenolic OH excluding ortho intramolecular Hbond substituents is 1. The molecule has 0 bridgehead atoms. The summed E-state index contributed by atoms with van der Waals surface area (Å²) >= 11 is 0. The van der Waals surface area contributed by atoms with Crippen molar-refractivity contribution in [3.8, 4) is 17.0 Å². The number of rotatable bonds is 1. The quantitative estimate of drug-likeness (QED) is 0.547. The first-order valence-electron chi connectivity index (χ1n) is 8.28. The van der Waals surface area contributed by atoms with E-state index in [1.54, 1.807) is 12.4 Å². The average molecular weight is 346 g/mol. The third-order valence-corrected chi connectivity index (χ3v) is 4.88. The number of nitrogens with zero attached hydrogens (tertiary/aromatic N) is 3. The number of phenols is 1. The van der Waals surface area contributed by atoms with Gasteiger partial charge in [0.1, 0.15) is 12.0 Å². The summed E-state index contributed by atoms with van der Waals surface area (Å²) in [5, 5.41) is 14.0. The maximum Gasteiger partial charge on any atom is 0.165 e. The van der Waals surface area contributed by atoms with E-state index in [-0.39, 0.29) is 11.8 Å². The second-order valence-corrected chi connectivity index (χ2v) is 6.45. The van der Waals surface area contributed by atoms with E-state index in [1.165, 1.54) is 12.1 Å². The summed E-state index contributed by atoms with van der Waals surface area (Å²) in [7, 11) is 1.94. The van der Waals surface area contributed by atoms with E-state index >= 15 is 0 Å². The third-order valence-electron chi connectivity index (χ3n) is 4.88. The number of nitrogens with one attached hydrogen (secondary N) is 1. The number of benzene rings is 2. The van der Waals surface area contributed by atoms with Gasteiger partial charge in [-0.2, -0.15) is 0 Å². The van der Waals surface area contributed by atoms with Crippen molar-refractivity contribution in [3.63, 3.8) is 0 Å². The zero-order valence-electron chi connectivity index (χ0n) is 13.9. The van der Waals surface area contributed by atoms with E-state index in [2.05, 4.69) is 15.3 Å². The van der Waals surface area contributed by atoms with Gasteiger partial charge in [0.25, 0.3) is 0 Å². The minimum Gasteiger partial charge on any atom is -0.505 e. The normalized spacial score (nSPS) is 15.4. The van der Waals surface area contributed by atoms with Gasteiger partial charge < -0.3 is 15.0 Å². The molecule has 1 unspecified atom stereocenters. The molecule has 0 saturated heterocycles. The van der Waals surface area contributed by atoms with E-state index in [0.717, 1.165) is 39.1 Å². The molecule has 4 aromatic rings. The van der Waals surface area contributed by atoms with E-state index in [4.69, 9.17) is 0 Å². The highest BCUT2D eigenvalue weighted by molar-refractivity contribution is 5.99. The molecular formula is C20H15FN4O. The number of hydrogen-bond donors (Lipinski definition) is 2. The molecule has 6 heteroatoms. The molecular weight excluding hydrogens is 331 g/mol. The molecule has 0 fully saturated rings. The van der Waals surface area contributed by atoms with Crippen LogP contribution in [0.4, 0.5) is 10.1 Å². The maximum absolute atomic E-state index is 14.0. The fraction of sp³-hybridized carbons (Fsp3) is 0.100. The van der Waals surface area contributed by atoms with Crippen LogP contribution in [0.3, 0.4) is 0 Å². The Hall–Kier alpha value is -3.41. The monoisotopic (exact) mass is 346 g/mol. The Kier molecular flexibility index (Phi) is 3.03. The predicted molar refractivity (Wildman–Crippen MR) is 97.5 cm³/mol. The van der Waals surface area contributed by atoms with Gasteiger partial charge in [0.15, 0.2) is 11.6 Å². The van der Waals surface area contributed by atoms with E-state index in [9.17, 15) is 9.50 Å². The fourth-order valence-corrected chi connectivity index (χ4v) is 3.68. The molecule has 5 nitrogen and oxygen atoms in total. The van der Waals surface area contributed by atoms with E-state index in [1.807, 2.05) is 42.1 Å². The van der Waals surface area contributed by atoms with Crippen LogP contribution in [0.1, 0.15) is 17.2 Å². The van der Waals surface area contributed by atoms with Crippen LogP contribution in [0, 0.1) is 5.82 Å². The summed E-state index contributed by atoms with van der Waals surface area (Å²) in [4.78, 5) is 8.96. The topological polar surface area (TPSA) is 63.0 Å². The Labute approximate surface area is 148 Å². The zero-order valence-corrected chi connectivity index (χ0v) is 13.9. The number of halogens is 1. The Balaban J connectivity index is 1.85. The van der Waals surface area contributed by atoms with Crippen molar-refractivity contribution in [2.45, 2.75) is 6.04 Å². The van der Waals surface area contributed by atoms with Gasteiger partial charge in [-0.15, -0.1) is 0 Å². The van der Waals surface area contributed by atoms with Crippen LogP contribution < -0.4 is 5.32 Å². The molecule has 2 aromatic heterocycles. The van der Waals surface area contributed by atoms with Crippen LogP contribution in [0.15, 0.2) is 55.0 Å². The van der Waals surface area contributed by atoms with Gasteiger partial charge in [0.05, 0.1) is 17.1 Å². The first-order valence-corrected chi connectivity index (χ1v) is 8.28. The second kappa shape index (κ2) is 5.29. The van der Waals surface area contributed by atoms with Crippen LogP contribution in [0.25, 0.3) is 22.3 Å². The number of hydrogen-bond acceptors (Lipinski definition) is 4. The summed E-state index contributed by atoms with van der Waals surface area (Å²) in [6.07, 6.45) is 3.57. The lowest BCUT2D eigenvalue weighted by atomic mass is 9.98. The van der Waals surface area contributed by atoms with Crippen LogP contribution in [-0.4, -0.2) is 19.6 Å². The summed E-state index contributed by atoms with van der Waals surface area (Å²) in [6.45, 7) is 0. The fourth-order valence-electron chi connectivity index (χ4n) is 3.68. The number of fused-ring (bicyclic) bond motifs is 2. The van der Waals surface area contributed by atoms with E-state index in [0.29, 0.717) is 0 Å². The van der Waals surface area contributed by atoms with Crippen molar-refractivity contribution < 1.29 is 9.50 Å². The van der Waals surface area contributed by atoms with Gasteiger partial charge in [-0.25, -0.2) is 14.4 Å². The number of aryl methyl sites for hydroxylation is 1. The molecule has 26 heavy (non-hydrogen) atoms. The van der Waals surface area contributed by atoms with Gasteiger partial charge in [-0.1, -0.05) is 24.3 Å². The Bertz CT molecular complexity index is 1170. The number of anilines is 1. The molecule has 0 amide bonds. The first kappa shape index (κ1) is 14.9. The number of aromatic nitrogens is 3. The molecule has 0 radical (unpaired) electrons. The molecule has 1 aliphatic rings. The van der Waals surface area contributed by atoms with Crippen molar-refractivity contribution in [3.05, 3.63) is 71.9 Å². The highest BCUT2D eigenvalue weighted by Crippen LogP contribution is 2.43. The average Bonchev–Trinajstić information content (AvgIpc) is 2.91. The molecule has 2 N–H and O–H groups in total. The van der Waals surface area contributed by atoms with E-state index < -0.39 is 5.82 Å². The highest BCUT2D eigenvalue weighted by Gasteiger charge is 2.28. The highest BCUT2D eigenvalue weighted by atomic mass is 19.1. The molecule has 0 aliphatic carbocycles. The van der Waals surface area contributed by atoms with Crippen molar-refractivity contribution in [2.24, 2.45) is 7.05 Å².